The minimum absolute atomic E-state index is 0.0238. The molecule has 0 aliphatic heterocycles. The third-order valence-corrected chi connectivity index (χ3v) is 4.32. The molecule has 0 radical (unpaired) electrons. The summed E-state index contributed by atoms with van der Waals surface area (Å²) in [6.45, 7) is 0.963. The van der Waals surface area contributed by atoms with Gasteiger partial charge in [0.15, 0.2) is 5.82 Å². The molecule has 0 atom stereocenters. The molecular formula is C23H22N4O5. The monoisotopic (exact) mass is 434 g/mol. The molecule has 2 aromatic heterocycles. The maximum Gasteiger partial charge on any atom is 0.300 e. The summed E-state index contributed by atoms with van der Waals surface area (Å²) in [5.74, 6) is -0.138. The number of aliphatic hydroxyl groups excluding tert-OH is 1. The molecule has 6 N–H and O–H groups in total. The van der Waals surface area contributed by atoms with E-state index < -0.39 is 5.97 Å². The quantitative estimate of drug-likeness (QED) is 0.277. The highest BCUT2D eigenvalue weighted by Crippen LogP contribution is 2.33. The van der Waals surface area contributed by atoms with Gasteiger partial charge in [-0.15, -0.1) is 0 Å². The predicted octanol–water partition coefficient (Wildman–Crippen LogP) is 3.88. The fourth-order valence-electron chi connectivity index (χ4n) is 2.92. The van der Waals surface area contributed by atoms with Gasteiger partial charge in [-0.3, -0.25) is 14.9 Å². The highest BCUT2D eigenvalue weighted by Gasteiger charge is 2.08. The topological polar surface area (TPSA) is 152 Å². The summed E-state index contributed by atoms with van der Waals surface area (Å²) < 4.78 is 0. The number of aromatic nitrogens is 3. The summed E-state index contributed by atoms with van der Waals surface area (Å²) in [7, 11) is 0. The van der Waals surface area contributed by atoms with Crippen LogP contribution in [-0.4, -0.2) is 41.6 Å². The van der Waals surface area contributed by atoms with E-state index in [0.29, 0.717) is 17.1 Å². The fraction of sp³-hybridized carbons (Fsp3) is 0.0870. The standard InChI is InChI=1S/C21H18N4O3.C2H4O2/c26-12-16-9-15(7-8-22-16)23-21-11-19(24-25-21)14-3-1-13(2-4-14)18-6-5-17(27)10-20(18)28;1-2(3)4/h1-11,26-28H,12H2,(H2,22,23,24,25);1H3,(H,3,4). The number of benzene rings is 2. The number of aromatic hydroxyl groups is 2. The molecule has 0 unspecified atom stereocenters. The molecule has 0 amide bonds. The van der Waals surface area contributed by atoms with Crippen LogP contribution in [0.2, 0.25) is 0 Å². The van der Waals surface area contributed by atoms with Crippen LogP contribution in [0.3, 0.4) is 0 Å². The van der Waals surface area contributed by atoms with Crippen molar-refractivity contribution in [1.29, 1.82) is 0 Å². The van der Waals surface area contributed by atoms with Crippen LogP contribution in [0.4, 0.5) is 11.5 Å². The number of aliphatic hydroxyl groups is 1. The first-order valence-electron chi connectivity index (χ1n) is 9.56. The van der Waals surface area contributed by atoms with Crippen molar-refractivity contribution in [2.75, 3.05) is 5.32 Å². The lowest BCUT2D eigenvalue weighted by atomic mass is 10.0. The Morgan fingerprint density at radius 1 is 1.00 bits per heavy atom. The van der Waals surface area contributed by atoms with Crippen molar-refractivity contribution in [3.8, 4) is 33.9 Å². The van der Waals surface area contributed by atoms with Gasteiger partial charge in [-0.2, -0.15) is 5.10 Å². The Kier molecular flexibility index (Phi) is 7.04. The number of pyridine rings is 1. The summed E-state index contributed by atoms with van der Waals surface area (Å²) in [5, 5.41) is 46.4. The average Bonchev–Trinajstić information content (AvgIpc) is 3.22. The van der Waals surface area contributed by atoms with E-state index in [-0.39, 0.29) is 18.1 Å². The van der Waals surface area contributed by atoms with Gasteiger partial charge in [-0.1, -0.05) is 24.3 Å². The molecule has 32 heavy (non-hydrogen) atoms. The summed E-state index contributed by atoms with van der Waals surface area (Å²) in [4.78, 5) is 13.0. The molecular weight excluding hydrogens is 412 g/mol. The Morgan fingerprint density at radius 2 is 1.69 bits per heavy atom. The van der Waals surface area contributed by atoms with Crippen LogP contribution in [-0.2, 0) is 11.4 Å². The van der Waals surface area contributed by atoms with Gasteiger partial charge in [-0.25, -0.2) is 0 Å². The van der Waals surface area contributed by atoms with Crippen molar-refractivity contribution in [2.45, 2.75) is 13.5 Å². The number of H-pyrrole nitrogens is 1. The van der Waals surface area contributed by atoms with E-state index in [9.17, 15) is 15.3 Å². The molecule has 4 aromatic rings. The first-order chi connectivity index (χ1) is 15.4. The second-order valence-electron chi connectivity index (χ2n) is 6.78. The Hall–Kier alpha value is -4.37. The SMILES string of the molecule is CC(=O)O.OCc1cc(Nc2cc(-c3ccc(-c4ccc(O)cc4O)cc3)[nH]n2)ccn1. The molecule has 2 heterocycles. The molecule has 4 rings (SSSR count). The number of nitrogens with zero attached hydrogens (tertiary/aromatic N) is 2. The van der Waals surface area contributed by atoms with Crippen LogP contribution in [0, 0.1) is 0 Å². The smallest absolute Gasteiger partial charge is 0.300 e. The molecule has 0 spiro atoms. The van der Waals surface area contributed by atoms with Gasteiger partial charge in [0.25, 0.3) is 5.97 Å². The summed E-state index contributed by atoms with van der Waals surface area (Å²) in [6, 6.07) is 17.6. The van der Waals surface area contributed by atoms with E-state index in [1.54, 1.807) is 24.4 Å². The second-order valence-corrected chi connectivity index (χ2v) is 6.78. The lowest BCUT2D eigenvalue weighted by Crippen LogP contribution is -1.94. The van der Waals surface area contributed by atoms with E-state index in [1.165, 1.54) is 12.1 Å². The molecule has 9 nitrogen and oxygen atoms in total. The fourth-order valence-corrected chi connectivity index (χ4v) is 2.92. The number of carbonyl (C=O) groups is 1. The molecule has 2 aromatic carbocycles. The first-order valence-corrected chi connectivity index (χ1v) is 9.56. The first kappa shape index (κ1) is 22.3. The van der Waals surface area contributed by atoms with Crippen LogP contribution < -0.4 is 5.32 Å². The zero-order valence-corrected chi connectivity index (χ0v) is 17.1. The summed E-state index contributed by atoms with van der Waals surface area (Å²) in [5.41, 5.74) is 4.62. The van der Waals surface area contributed by atoms with E-state index in [2.05, 4.69) is 20.5 Å². The minimum Gasteiger partial charge on any atom is -0.508 e. The van der Waals surface area contributed by atoms with Crippen LogP contribution in [0.1, 0.15) is 12.6 Å². The summed E-state index contributed by atoms with van der Waals surface area (Å²) in [6.07, 6.45) is 1.62. The predicted molar refractivity (Wildman–Crippen MR) is 120 cm³/mol. The van der Waals surface area contributed by atoms with E-state index >= 15 is 0 Å². The number of rotatable bonds is 5. The largest absolute Gasteiger partial charge is 0.508 e. The van der Waals surface area contributed by atoms with Crippen LogP contribution in [0.5, 0.6) is 11.5 Å². The molecule has 164 valence electrons. The van der Waals surface area contributed by atoms with E-state index in [0.717, 1.165) is 29.4 Å². The van der Waals surface area contributed by atoms with Gasteiger partial charge in [0.2, 0.25) is 0 Å². The number of hydrogen-bond donors (Lipinski definition) is 6. The van der Waals surface area contributed by atoms with Gasteiger partial charge in [0, 0.05) is 36.5 Å². The Bertz CT molecular complexity index is 1200. The van der Waals surface area contributed by atoms with Crippen LogP contribution in [0.25, 0.3) is 22.4 Å². The van der Waals surface area contributed by atoms with Gasteiger partial charge in [0.1, 0.15) is 11.5 Å². The number of anilines is 2. The normalized spacial score (nSPS) is 10.2. The molecule has 0 aliphatic carbocycles. The zero-order chi connectivity index (χ0) is 23.1. The van der Waals surface area contributed by atoms with Gasteiger partial charge >= 0.3 is 0 Å². The number of carboxylic acids is 1. The molecule has 0 fully saturated rings. The second kappa shape index (κ2) is 10.1. The van der Waals surface area contributed by atoms with Crippen LogP contribution >= 0.6 is 0 Å². The third kappa shape index (κ3) is 5.83. The van der Waals surface area contributed by atoms with Crippen molar-refractivity contribution >= 4 is 17.5 Å². The highest BCUT2D eigenvalue weighted by molar-refractivity contribution is 5.74. The Morgan fingerprint density at radius 3 is 2.34 bits per heavy atom. The van der Waals surface area contributed by atoms with Crippen molar-refractivity contribution in [3.63, 3.8) is 0 Å². The van der Waals surface area contributed by atoms with E-state index in [4.69, 9.17) is 9.90 Å². The van der Waals surface area contributed by atoms with Crippen molar-refractivity contribution in [1.82, 2.24) is 15.2 Å². The Labute approximate surface area is 183 Å². The lowest BCUT2D eigenvalue weighted by Gasteiger charge is -2.06. The lowest BCUT2D eigenvalue weighted by molar-refractivity contribution is -0.134. The van der Waals surface area contributed by atoms with Gasteiger partial charge in [-0.05, 0) is 35.4 Å². The molecule has 0 saturated heterocycles. The van der Waals surface area contributed by atoms with Crippen molar-refractivity contribution in [3.05, 3.63) is 72.6 Å². The minimum atomic E-state index is -0.833. The number of aromatic amines is 1. The van der Waals surface area contributed by atoms with Gasteiger partial charge < -0.3 is 25.7 Å². The highest BCUT2D eigenvalue weighted by atomic mass is 16.4. The maximum absolute atomic E-state index is 10.0. The molecule has 0 aliphatic rings. The van der Waals surface area contributed by atoms with Crippen molar-refractivity contribution in [2.24, 2.45) is 0 Å². The maximum atomic E-state index is 10.0. The number of aliphatic carboxylic acids is 1. The van der Waals surface area contributed by atoms with E-state index in [1.807, 2.05) is 30.3 Å². The summed E-state index contributed by atoms with van der Waals surface area (Å²) >= 11 is 0. The average molecular weight is 434 g/mol. The molecule has 0 bridgehead atoms. The van der Waals surface area contributed by atoms with Crippen molar-refractivity contribution < 1.29 is 25.2 Å². The Balaban J connectivity index is 0.000000668. The zero-order valence-electron chi connectivity index (χ0n) is 17.1. The van der Waals surface area contributed by atoms with Crippen LogP contribution in [0.15, 0.2) is 66.9 Å². The molecule has 0 saturated carbocycles. The number of carboxylic acid groups (broad SMARTS) is 1. The number of nitrogens with one attached hydrogen (secondary N) is 2. The van der Waals surface area contributed by atoms with Gasteiger partial charge in [0.05, 0.1) is 18.0 Å². The number of hydrogen-bond acceptors (Lipinski definition) is 7. The number of phenols is 2. The molecule has 9 heteroatoms. The number of phenolic OH excluding ortho intramolecular Hbond substituents is 2. The third-order valence-electron chi connectivity index (χ3n) is 4.32.